The normalized spacial score (nSPS) is 19.5. The van der Waals surface area contributed by atoms with Gasteiger partial charge in [0.15, 0.2) is 0 Å². The van der Waals surface area contributed by atoms with Gasteiger partial charge < -0.3 is 10.0 Å². The number of aliphatic carboxylic acids is 1. The van der Waals surface area contributed by atoms with Gasteiger partial charge in [-0.2, -0.15) is 0 Å². The lowest BCUT2D eigenvalue weighted by atomic mass is 10.2. The van der Waals surface area contributed by atoms with Gasteiger partial charge in [0.1, 0.15) is 0 Å². The van der Waals surface area contributed by atoms with Crippen LogP contribution in [0.1, 0.15) is 6.92 Å². The van der Waals surface area contributed by atoms with Crippen molar-refractivity contribution in [3.63, 3.8) is 0 Å². The second-order valence-corrected chi connectivity index (χ2v) is 3.74. The van der Waals surface area contributed by atoms with Gasteiger partial charge in [-0.1, -0.05) is 6.08 Å². The maximum Gasteiger partial charge on any atom is 0.330 e. The van der Waals surface area contributed by atoms with Crippen LogP contribution in [-0.4, -0.2) is 60.0 Å². The molecule has 0 radical (unpaired) electrons. The number of carboxylic acids is 1. The Morgan fingerprint density at radius 3 is 2.73 bits per heavy atom. The van der Waals surface area contributed by atoms with Crippen LogP contribution in [0.25, 0.3) is 0 Å². The van der Waals surface area contributed by atoms with Crippen molar-refractivity contribution in [3.05, 3.63) is 11.6 Å². The number of carbonyl (C=O) groups excluding carboxylic acids is 1. The molecule has 1 saturated heterocycles. The van der Waals surface area contributed by atoms with Crippen molar-refractivity contribution in [2.45, 2.75) is 6.92 Å². The molecule has 1 amide bonds. The number of likely N-dealkylation sites (N-methyl/N-ethyl adjacent to an activating group) is 1. The molecule has 0 bridgehead atoms. The lowest BCUT2D eigenvalue weighted by Gasteiger charge is -2.31. The molecular formula is C10H16N2O3. The van der Waals surface area contributed by atoms with Crippen molar-refractivity contribution >= 4 is 11.9 Å². The van der Waals surface area contributed by atoms with Crippen molar-refractivity contribution in [1.82, 2.24) is 9.80 Å². The third-order valence-electron chi connectivity index (χ3n) is 2.53. The van der Waals surface area contributed by atoms with Crippen LogP contribution in [0.5, 0.6) is 0 Å². The molecular weight excluding hydrogens is 196 g/mol. The highest BCUT2D eigenvalue weighted by Crippen LogP contribution is 2.02. The summed E-state index contributed by atoms with van der Waals surface area (Å²) in [6, 6.07) is 0. The molecule has 5 heteroatoms. The molecule has 0 aromatic heterocycles. The lowest BCUT2D eigenvalue weighted by Crippen LogP contribution is -2.48. The van der Waals surface area contributed by atoms with Crippen molar-refractivity contribution in [2.75, 3.05) is 33.2 Å². The van der Waals surface area contributed by atoms with Crippen molar-refractivity contribution in [3.8, 4) is 0 Å². The second kappa shape index (κ2) is 4.93. The van der Waals surface area contributed by atoms with Crippen molar-refractivity contribution in [1.29, 1.82) is 0 Å². The number of piperazine rings is 1. The first-order valence-corrected chi connectivity index (χ1v) is 4.87. The molecule has 0 aromatic carbocycles. The second-order valence-electron chi connectivity index (χ2n) is 3.74. The molecule has 1 heterocycles. The summed E-state index contributed by atoms with van der Waals surface area (Å²) < 4.78 is 0. The van der Waals surface area contributed by atoms with E-state index in [4.69, 9.17) is 5.11 Å². The summed E-state index contributed by atoms with van der Waals surface area (Å²) in [4.78, 5) is 25.5. The van der Waals surface area contributed by atoms with Crippen LogP contribution in [0.3, 0.4) is 0 Å². The highest BCUT2D eigenvalue weighted by atomic mass is 16.4. The van der Waals surface area contributed by atoms with E-state index < -0.39 is 5.97 Å². The van der Waals surface area contributed by atoms with Crippen LogP contribution < -0.4 is 0 Å². The fourth-order valence-corrected chi connectivity index (χ4v) is 1.32. The Balaban J connectivity index is 2.44. The number of rotatable bonds is 3. The molecule has 0 unspecified atom stereocenters. The fourth-order valence-electron chi connectivity index (χ4n) is 1.32. The van der Waals surface area contributed by atoms with Gasteiger partial charge in [0, 0.05) is 32.3 Å². The number of nitrogens with zero attached hydrogens (tertiary/aromatic N) is 2. The highest BCUT2D eigenvalue weighted by molar-refractivity contribution is 5.85. The van der Waals surface area contributed by atoms with Crippen LogP contribution in [0, 0.1) is 0 Å². The van der Waals surface area contributed by atoms with Crippen molar-refractivity contribution in [2.24, 2.45) is 0 Å². The van der Waals surface area contributed by atoms with Gasteiger partial charge in [0.05, 0.1) is 6.54 Å². The average molecular weight is 212 g/mol. The zero-order valence-corrected chi connectivity index (χ0v) is 9.06. The summed E-state index contributed by atoms with van der Waals surface area (Å²) in [5.41, 5.74) is 0.321. The summed E-state index contributed by atoms with van der Waals surface area (Å²) in [5.74, 6) is -0.821. The Morgan fingerprint density at radius 2 is 2.20 bits per heavy atom. The SMILES string of the molecule is C/C(=C/CN1CCN(C)C(=O)C1)C(=O)O. The van der Waals surface area contributed by atoms with Crippen LogP contribution in [0.15, 0.2) is 11.6 Å². The van der Waals surface area contributed by atoms with Crippen LogP contribution in [0.4, 0.5) is 0 Å². The summed E-state index contributed by atoms with van der Waals surface area (Å²) in [7, 11) is 1.78. The molecule has 1 fully saturated rings. The van der Waals surface area contributed by atoms with Gasteiger partial charge in [-0.15, -0.1) is 0 Å². The third-order valence-corrected chi connectivity index (χ3v) is 2.53. The van der Waals surface area contributed by atoms with E-state index in [1.807, 2.05) is 4.90 Å². The maximum atomic E-state index is 11.3. The number of carbonyl (C=O) groups is 2. The zero-order valence-electron chi connectivity index (χ0n) is 9.06. The van der Waals surface area contributed by atoms with Gasteiger partial charge in [-0.05, 0) is 6.92 Å². The van der Waals surface area contributed by atoms with Crippen LogP contribution >= 0.6 is 0 Å². The molecule has 15 heavy (non-hydrogen) atoms. The van der Waals surface area contributed by atoms with E-state index in [2.05, 4.69) is 0 Å². The molecule has 0 spiro atoms. The van der Waals surface area contributed by atoms with E-state index in [0.29, 0.717) is 25.2 Å². The summed E-state index contributed by atoms with van der Waals surface area (Å²) in [5, 5.41) is 8.64. The maximum absolute atomic E-state index is 11.3. The molecule has 0 atom stereocenters. The molecule has 1 N–H and O–H groups in total. The van der Waals surface area contributed by atoms with E-state index in [-0.39, 0.29) is 5.91 Å². The number of carboxylic acid groups (broad SMARTS) is 1. The Labute approximate surface area is 89.0 Å². The van der Waals surface area contributed by atoms with E-state index in [1.165, 1.54) is 0 Å². The van der Waals surface area contributed by atoms with Gasteiger partial charge >= 0.3 is 5.97 Å². The summed E-state index contributed by atoms with van der Waals surface area (Å²) in [6.07, 6.45) is 1.64. The van der Waals surface area contributed by atoms with Gasteiger partial charge in [-0.3, -0.25) is 9.69 Å². The standard InChI is InChI=1S/C10H16N2O3/c1-8(10(14)15)3-4-12-6-5-11(2)9(13)7-12/h3H,4-7H2,1-2H3,(H,14,15)/b8-3-. The number of amides is 1. The zero-order chi connectivity index (χ0) is 11.4. The van der Waals surface area contributed by atoms with E-state index >= 15 is 0 Å². The first-order chi connectivity index (χ1) is 7.00. The number of hydrogen-bond acceptors (Lipinski definition) is 3. The lowest BCUT2D eigenvalue weighted by molar-refractivity contribution is -0.134. The predicted octanol–water partition coefficient (Wildman–Crippen LogP) is -0.209. The van der Waals surface area contributed by atoms with Crippen LogP contribution in [0.2, 0.25) is 0 Å². The first kappa shape index (κ1) is 11.7. The molecule has 0 saturated carbocycles. The molecule has 0 aromatic rings. The highest BCUT2D eigenvalue weighted by Gasteiger charge is 2.19. The summed E-state index contributed by atoms with van der Waals surface area (Å²) in [6.45, 7) is 3.96. The molecule has 1 aliphatic heterocycles. The Bertz CT molecular complexity index is 299. The topological polar surface area (TPSA) is 60.9 Å². The first-order valence-electron chi connectivity index (χ1n) is 4.87. The number of hydrogen-bond donors (Lipinski definition) is 1. The monoisotopic (exact) mass is 212 g/mol. The molecule has 1 aliphatic rings. The largest absolute Gasteiger partial charge is 0.478 e. The van der Waals surface area contributed by atoms with E-state index in [1.54, 1.807) is 24.9 Å². The molecule has 0 aliphatic carbocycles. The predicted molar refractivity (Wildman–Crippen MR) is 55.5 cm³/mol. The summed E-state index contributed by atoms with van der Waals surface area (Å²) >= 11 is 0. The minimum atomic E-state index is -0.907. The third kappa shape index (κ3) is 3.36. The van der Waals surface area contributed by atoms with Gasteiger partial charge in [-0.25, -0.2) is 4.79 Å². The van der Waals surface area contributed by atoms with E-state index in [9.17, 15) is 9.59 Å². The van der Waals surface area contributed by atoms with Crippen molar-refractivity contribution < 1.29 is 14.7 Å². The Hall–Kier alpha value is -1.36. The van der Waals surface area contributed by atoms with E-state index in [0.717, 1.165) is 6.54 Å². The minimum Gasteiger partial charge on any atom is -0.478 e. The fraction of sp³-hybridized carbons (Fsp3) is 0.600. The van der Waals surface area contributed by atoms with Crippen LogP contribution in [-0.2, 0) is 9.59 Å². The Kier molecular flexibility index (Phi) is 3.85. The molecule has 1 rings (SSSR count). The minimum absolute atomic E-state index is 0.0858. The van der Waals surface area contributed by atoms with Gasteiger partial charge in [0.25, 0.3) is 0 Å². The quantitative estimate of drug-likeness (QED) is 0.658. The average Bonchev–Trinajstić information content (AvgIpc) is 2.19. The molecule has 84 valence electrons. The smallest absolute Gasteiger partial charge is 0.330 e. The molecule has 5 nitrogen and oxygen atoms in total. The van der Waals surface area contributed by atoms with Gasteiger partial charge in [0.2, 0.25) is 5.91 Å². The Morgan fingerprint density at radius 1 is 1.53 bits per heavy atom.